The van der Waals surface area contributed by atoms with Crippen LogP contribution in [-0.2, 0) is 11.2 Å². The molecule has 0 radical (unpaired) electrons. The Morgan fingerprint density at radius 3 is 2.46 bits per heavy atom. The molecule has 3 rings (SSSR count). The molecule has 1 heterocycles. The molecule has 142 valence electrons. The molecule has 5 heteroatoms. The Bertz CT molecular complexity index is 953. The van der Waals surface area contributed by atoms with Gasteiger partial charge in [-0.2, -0.15) is 0 Å². The summed E-state index contributed by atoms with van der Waals surface area (Å²) < 4.78 is 0. The molecule has 5 nitrogen and oxygen atoms in total. The van der Waals surface area contributed by atoms with Crippen molar-refractivity contribution in [1.82, 2.24) is 9.97 Å². The minimum absolute atomic E-state index is 0.0351. The van der Waals surface area contributed by atoms with Gasteiger partial charge in [0.2, 0.25) is 5.91 Å². The van der Waals surface area contributed by atoms with Gasteiger partial charge >= 0.3 is 0 Å². The number of hydrogen-bond donors (Lipinski definition) is 2. The molecule has 0 unspecified atom stereocenters. The normalized spacial score (nSPS) is 10.8. The Hall–Kier alpha value is -3.60. The van der Waals surface area contributed by atoms with Crippen LogP contribution in [0.2, 0.25) is 0 Å². The van der Waals surface area contributed by atoms with Crippen molar-refractivity contribution in [3.05, 3.63) is 90.5 Å². The van der Waals surface area contributed by atoms with Crippen molar-refractivity contribution in [3.8, 4) is 0 Å². The fourth-order valence-corrected chi connectivity index (χ4v) is 2.70. The van der Waals surface area contributed by atoms with Gasteiger partial charge in [-0.15, -0.1) is 0 Å². The zero-order valence-electron chi connectivity index (χ0n) is 16.1. The topological polar surface area (TPSA) is 61.0 Å². The maximum Gasteiger partial charge on any atom is 0.228 e. The first-order chi connectivity index (χ1) is 13.5. The molecule has 1 aromatic heterocycles. The van der Waals surface area contributed by atoms with E-state index in [-0.39, 0.29) is 5.91 Å². The van der Waals surface area contributed by atoms with Crippen LogP contribution < -0.4 is 10.2 Å². The highest BCUT2D eigenvalue weighted by molar-refractivity contribution is 5.92. The van der Waals surface area contributed by atoms with Gasteiger partial charge < -0.3 is 15.2 Å². The predicted octanol–water partition coefficient (Wildman–Crippen LogP) is 4.38. The second-order valence-electron chi connectivity index (χ2n) is 6.70. The zero-order valence-corrected chi connectivity index (χ0v) is 16.1. The molecule has 0 spiro atoms. The highest BCUT2D eigenvalue weighted by Gasteiger charge is 2.05. The lowest BCUT2D eigenvalue weighted by molar-refractivity contribution is -0.115. The number of carbonyl (C=O) groups is 1. The Kier molecular flexibility index (Phi) is 6.07. The smallest absolute Gasteiger partial charge is 0.228 e. The summed E-state index contributed by atoms with van der Waals surface area (Å²) in [6, 6.07) is 15.7. The number of aromatic amines is 1. The van der Waals surface area contributed by atoms with Crippen LogP contribution in [-0.4, -0.2) is 30.0 Å². The Morgan fingerprint density at radius 2 is 1.86 bits per heavy atom. The molecule has 2 aromatic carbocycles. The highest BCUT2D eigenvalue weighted by Crippen LogP contribution is 2.16. The number of imidazole rings is 1. The molecule has 0 saturated heterocycles. The monoisotopic (exact) mass is 372 g/mol. The fraction of sp³-hybridized carbons (Fsp3) is 0.130. The first-order valence-electron chi connectivity index (χ1n) is 9.04. The summed E-state index contributed by atoms with van der Waals surface area (Å²) in [5.41, 5.74) is 4.71. The number of H-pyrrole nitrogens is 1. The van der Waals surface area contributed by atoms with E-state index in [1.165, 1.54) is 0 Å². The first kappa shape index (κ1) is 19.2. The van der Waals surface area contributed by atoms with Gasteiger partial charge in [0.05, 0.1) is 6.42 Å². The van der Waals surface area contributed by atoms with E-state index >= 15 is 0 Å². The quantitative estimate of drug-likeness (QED) is 0.605. The van der Waals surface area contributed by atoms with Crippen LogP contribution in [0.1, 0.15) is 17.0 Å². The number of aromatic nitrogens is 2. The van der Waals surface area contributed by atoms with Crippen molar-refractivity contribution in [1.29, 1.82) is 0 Å². The summed E-state index contributed by atoms with van der Waals surface area (Å²) in [4.78, 5) is 21.5. The van der Waals surface area contributed by atoms with Crippen LogP contribution in [0.4, 0.5) is 11.4 Å². The first-order valence-corrected chi connectivity index (χ1v) is 9.04. The van der Waals surface area contributed by atoms with E-state index in [2.05, 4.69) is 21.9 Å². The lowest BCUT2D eigenvalue weighted by Crippen LogP contribution is -2.14. The number of nitrogens with zero attached hydrogens (tertiary/aromatic N) is 2. The number of benzene rings is 2. The summed E-state index contributed by atoms with van der Waals surface area (Å²) in [7, 11) is 3.97. The molecule has 0 bridgehead atoms. The summed E-state index contributed by atoms with van der Waals surface area (Å²) in [5.74, 6) is 0.718. The lowest BCUT2D eigenvalue weighted by Gasteiger charge is -2.13. The van der Waals surface area contributed by atoms with Crippen LogP contribution in [0.15, 0.2) is 73.6 Å². The number of anilines is 2. The predicted molar refractivity (Wildman–Crippen MR) is 116 cm³/mol. The second-order valence-corrected chi connectivity index (χ2v) is 6.70. The zero-order chi connectivity index (χ0) is 19.9. The van der Waals surface area contributed by atoms with Gasteiger partial charge in [-0.1, -0.05) is 43.0 Å². The van der Waals surface area contributed by atoms with Crippen LogP contribution in [0.5, 0.6) is 0 Å². The molecule has 0 fully saturated rings. The Labute approximate surface area is 165 Å². The van der Waals surface area contributed by atoms with Crippen molar-refractivity contribution in [3.63, 3.8) is 0 Å². The van der Waals surface area contributed by atoms with Crippen molar-refractivity contribution >= 4 is 28.9 Å². The van der Waals surface area contributed by atoms with Gasteiger partial charge in [0.15, 0.2) is 0 Å². The molecule has 3 aromatic rings. The third-order valence-electron chi connectivity index (χ3n) is 4.29. The minimum Gasteiger partial charge on any atom is -0.378 e. The van der Waals surface area contributed by atoms with Crippen molar-refractivity contribution < 1.29 is 4.79 Å². The molecule has 0 aliphatic rings. The Morgan fingerprint density at radius 1 is 1.14 bits per heavy atom. The highest BCUT2D eigenvalue weighted by atomic mass is 16.1. The van der Waals surface area contributed by atoms with Crippen molar-refractivity contribution in [2.75, 3.05) is 24.3 Å². The van der Waals surface area contributed by atoms with E-state index in [0.29, 0.717) is 6.42 Å². The van der Waals surface area contributed by atoms with E-state index in [1.54, 1.807) is 12.4 Å². The average molecular weight is 372 g/mol. The molecule has 0 aliphatic carbocycles. The fourth-order valence-electron chi connectivity index (χ4n) is 2.70. The van der Waals surface area contributed by atoms with Crippen molar-refractivity contribution in [2.24, 2.45) is 0 Å². The van der Waals surface area contributed by atoms with E-state index in [4.69, 9.17) is 0 Å². The number of carbonyl (C=O) groups excluding carboxylic acids is 1. The summed E-state index contributed by atoms with van der Waals surface area (Å²) >= 11 is 0. The molecule has 0 saturated carbocycles. The summed E-state index contributed by atoms with van der Waals surface area (Å²) in [5, 5.41) is 2.93. The van der Waals surface area contributed by atoms with Crippen LogP contribution >= 0.6 is 0 Å². The third-order valence-corrected chi connectivity index (χ3v) is 4.29. The minimum atomic E-state index is -0.0351. The molecule has 0 atom stereocenters. The SMILES string of the molecule is C=C(/C=C/c1ccc(CC(=O)Nc2ccc(N(C)C)cc2)cc1)c1ncc[nH]1. The number of rotatable bonds is 7. The number of hydrogen-bond acceptors (Lipinski definition) is 3. The van der Waals surface area contributed by atoms with Gasteiger partial charge in [0.1, 0.15) is 5.82 Å². The van der Waals surface area contributed by atoms with E-state index in [9.17, 15) is 4.79 Å². The summed E-state index contributed by atoms with van der Waals surface area (Å²) in [6.45, 7) is 3.99. The van der Waals surface area contributed by atoms with Crippen LogP contribution in [0.3, 0.4) is 0 Å². The number of amides is 1. The number of nitrogens with one attached hydrogen (secondary N) is 2. The Balaban J connectivity index is 1.54. The van der Waals surface area contributed by atoms with Crippen molar-refractivity contribution in [2.45, 2.75) is 6.42 Å². The van der Waals surface area contributed by atoms with Gasteiger partial charge in [-0.25, -0.2) is 4.98 Å². The molecule has 0 aliphatic heterocycles. The van der Waals surface area contributed by atoms with Gasteiger partial charge in [0.25, 0.3) is 0 Å². The molecular weight excluding hydrogens is 348 g/mol. The van der Waals surface area contributed by atoms with Crippen LogP contribution in [0, 0.1) is 0 Å². The van der Waals surface area contributed by atoms with E-state index < -0.39 is 0 Å². The van der Waals surface area contributed by atoms with Gasteiger partial charge in [-0.05, 0) is 35.4 Å². The molecule has 2 N–H and O–H groups in total. The van der Waals surface area contributed by atoms with E-state index in [1.807, 2.05) is 79.7 Å². The van der Waals surface area contributed by atoms with Crippen LogP contribution in [0.25, 0.3) is 11.6 Å². The second kappa shape index (κ2) is 8.86. The maximum absolute atomic E-state index is 12.3. The lowest BCUT2D eigenvalue weighted by atomic mass is 10.1. The largest absolute Gasteiger partial charge is 0.378 e. The maximum atomic E-state index is 12.3. The molecular formula is C23H24N4O. The van der Waals surface area contributed by atoms with Gasteiger partial charge in [0, 0.05) is 43.4 Å². The molecule has 28 heavy (non-hydrogen) atoms. The van der Waals surface area contributed by atoms with Gasteiger partial charge in [-0.3, -0.25) is 4.79 Å². The average Bonchev–Trinajstić information content (AvgIpc) is 3.22. The third kappa shape index (κ3) is 5.20. The van der Waals surface area contributed by atoms with E-state index in [0.717, 1.165) is 33.9 Å². The number of allylic oxidation sites excluding steroid dienone is 2. The summed E-state index contributed by atoms with van der Waals surface area (Å²) in [6.07, 6.45) is 7.69. The standard InChI is InChI=1S/C23H24N4O/c1-17(23-24-14-15-25-23)4-5-18-6-8-19(9-7-18)16-22(28)26-20-10-12-21(13-11-20)27(2)3/h4-15H,1,16H2,2-3H3,(H,24,25)(H,26,28)/b5-4+. The molecule has 1 amide bonds.